The van der Waals surface area contributed by atoms with E-state index in [0.29, 0.717) is 11.5 Å². The summed E-state index contributed by atoms with van der Waals surface area (Å²) in [6.45, 7) is 4.30. The molecule has 1 aromatic heterocycles. The summed E-state index contributed by atoms with van der Waals surface area (Å²) in [7, 11) is 0. The molecule has 0 aliphatic rings. The molecule has 96 valence electrons. The first-order chi connectivity index (χ1) is 8.19. The van der Waals surface area contributed by atoms with E-state index in [1.54, 1.807) is 13.0 Å². The second-order valence-electron chi connectivity index (χ2n) is 3.93. The number of ether oxygens (including phenoxy) is 1. The lowest BCUT2D eigenvalue weighted by Gasteiger charge is -2.07. The van der Waals surface area contributed by atoms with Crippen LogP contribution in [-0.4, -0.2) is 17.7 Å². The van der Waals surface area contributed by atoms with Crippen molar-refractivity contribution in [3.05, 3.63) is 21.9 Å². The standard InChI is InChI=1S/C13H20O3S/c1-3-5-6-7-10(14)11-8-9-12(17-11)13(15)16-4-2/h8-10,14H,3-7H2,1-2H3. The van der Waals surface area contributed by atoms with Crippen LogP contribution in [0, 0.1) is 0 Å². The van der Waals surface area contributed by atoms with E-state index in [2.05, 4.69) is 6.92 Å². The molecule has 0 fully saturated rings. The van der Waals surface area contributed by atoms with Crippen molar-refractivity contribution in [3.8, 4) is 0 Å². The fraction of sp³-hybridized carbons (Fsp3) is 0.615. The number of hydrogen-bond acceptors (Lipinski definition) is 4. The van der Waals surface area contributed by atoms with Crippen LogP contribution in [0.3, 0.4) is 0 Å². The fourth-order valence-corrected chi connectivity index (χ4v) is 2.50. The topological polar surface area (TPSA) is 46.5 Å². The number of aliphatic hydroxyl groups is 1. The molecule has 0 spiro atoms. The normalized spacial score (nSPS) is 12.4. The van der Waals surface area contributed by atoms with Crippen LogP contribution in [0.4, 0.5) is 0 Å². The Bertz CT molecular complexity index is 346. The van der Waals surface area contributed by atoms with Gasteiger partial charge in [-0.2, -0.15) is 0 Å². The van der Waals surface area contributed by atoms with Crippen molar-refractivity contribution < 1.29 is 14.6 Å². The number of thiophene rings is 1. The molecule has 4 heteroatoms. The molecule has 17 heavy (non-hydrogen) atoms. The Morgan fingerprint density at radius 1 is 1.41 bits per heavy atom. The lowest BCUT2D eigenvalue weighted by Crippen LogP contribution is -2.01. The third-order valence-corrected chi connectivity index (χ3v) is 3.68. The van der Waals surface area contributed by atoms with Gasteiger partial charge in [-0.15, -0.1) is 11.3 Å². The Labute approximate surface area is 106 Å². The van der Waals surface area contributed by atoms with Gasteiger partial charge >= 0.3 is 5.97 Å². The van der Waals surface area contributed by atoms with E-state index in [9.17, 15) is 9.90 Å². The molecule has 1 heterocycles. The Morgan fingerprint density at radius 2 is 2.18 bits per heavy atom. The zero-order valence-corrected chi connectivity index (χ0v) is 11.3. The Balaban J connectivity index is 2.51. The van der Waals surface area contributed by atoms with Crippen molar-refractivity contribution in [3.63, 3.8) is 0 Å². The van der Waals surface area contributed by atoms with Gasteiger partial charge in [-0.05, 0) is 25.5 Å². The average molecular weight is 256 g/mol. The largest absolute Gasteiger partial charge is 0.462 e. The van der Waals surface area contributed by atoms with Crippen LogP contribution in [-0.2, 0) is 4.74 Å². The molecule has 0 aromatic carbocycles. The second kappa shape index (κ2) is 7.45. The first-order valence-corrected chi connectivity index (χ1v) is 6.95. The summed E-state index contributed by atoms with van der Waals surface area (Å²) in [4.78, 5) is 12.9. The van der Waals surface area contributed by atoms with Crippen molar-refractivity contribution in [2.45, 2.75) is 45.6 Å². The summed E-state index contributed by atoms with van der Waals surface area (Å²) in [5.41, 5.74) is 0. The quantitative estimate of drug-likeness (QED) is 0.599. The zero-order chi connectivity index (χ0) is 12.7. The highest BCUT2D eigenvalue weighted by Gasteiger charge is 2.14. The van der Waals surface area contributed by atoms with Crippen LogP contribution < -0.4 is 0 Å². The summed E-state index contributed by atoms with van der Waals surface area (Å²) < 4.78 is 4.91. The number of esters is 1. The molecule has 1 aromatic rings. The van der Waals surface area contributed by atoms with Crippen LogP contribution in [0.2, 0.25) is 0 Å². The first kappa shape index (κ1) is 14.2. The molecular formula is C13H20O3S. The van der Waals surface area contributed by atoms with Gasteiger partial charge in [0, 0.05) is 4.88 Å². The maximum absolute atomic E-state index is 11.4. The lowest BCUT2D eigenvalue weighted by molar-refractivity contribution is 0.0532. The molecule has 0 aliphatic carbocycles. The van der Waals surface area contributed by atoms with E-state index in [0.717, 1.165) is 30.6 Å². The van der Waals surface area contributed by atoms with Crippen LogP contribution in [0.25, 0.3) is 0 Å². The minimum Gasteiger partial charge on any atom is -0.462 e. The Hall–Kier alpha value is -0.870. The van der Waals surface area contributed by atoms with Gasteiger partial charge in [0.25, 0.3) is 0 Å². The van der Waals surface area contributed by atoms with Crippen molar-refractivity contribution >= 4 is 17.3 Å². The van der Waals surface area contributed by atoms with E-state index in [1.165, 1.54) is 11.3 Å². The minimum atomic E-state index is -0.449. The first-order valence-electron chi connectivity index (χ1n) is 6.14. The minimum absolute atomic E-state index is 0.301. The number of carbonyl (C=O) groups excluding carboxylic acids is 1. The number of rotatable bonds is 7. The highest BCUT2D eigenvalue weighted by atomic mass is 32.1. The van der Waals surface area contributed by atoms with Crippen LogP contribution in [0.1, 0.15) is 60.2 Å². The summed E-state index contributed by atoms with van der Waals surface area (Å²) in [6, 6.07) is 3.54. The molecule has 1 atom stereocenters. The number of unbranched alkanes of at least 4 members (excludes halogenated alkanes) is 2. The number of hydrogen-bond donors (Lipinski definition) is 1. The Morgan fingerprint density at radius 3 is 2.82 bits per heavy atom. The molecule has 1 rings (SSSR count). The van der Waals surface area contributed by atoms with Gasteiger partial charge < -0.3 is 9.84 Å². The summed E-state index contributed by atoms with van der Waals surface area (Å²) >= 11 is 1.32. The highest BCUT2D eigenvalue weighted by Crippen LogP contribution is 2.27. The van der Waals surface area contributed by atoms with Crippen molar-refractivity contribution in [1.82, 2.24) is 0 Å². The predicted molar refractivity (Wildman–Crippen MR) is 69.4 cm³/mol. The molecule has 0 saturated heterocycles. The predicted octanol–water partition coefficient (Wildman–Crippen LogP) is 3.54. The van der Waals surface area contributed by atoms with E-state index in [1.807, 2.05) is 6.07 Å². The van der Waals surface area contributed by atoms with Gasteiger partial charge in [-0.1, -0.05) is 26.2 Å². The van der Waals surface area contributed by atoms with Gasteiger partial charge in [-0.25, -0.2) is 4.79 Å². The lowest BCUT2D eigenvalue weighted by atomic mass is 10.1. The number of carbonyl (C=O) groups is 1. The summed E-state index contributed by atoms with van der Waals surface area (Å²) in [5.74, 6) is -0.301. The Kier molecular flexibility index (Phi) is 6.22. The summed E-state index contributed by atoms with van der Waals surface area (Å²) in [5, 5.41) is 9.93. The van der Waals surface area contributed by atoms with Gasteiger partial charge in [0.05, 0.1) is 12.7 Å². The zero-order valence-electron chi connectivity index (χ0n) is 10.4. The van der Waals surface area contributed by atoms with Crippen molar-refractivity contribution in [2.75, 3.05) is 6.61 Å². The highest BCUT2D eigenvalue weighted by molar-refractivity contribution is 7.14. The monoisotopic (exact) mass is 256 g/mol. The van der Waals surface area contributed by atoms with Crippen molar-refractivity contribution in [2.24, 2.45) is 0 Å². The van der Waals surface area contributed by atoms with Gasteiger partial charge in [0.2, 0.25) is 0 Å². The third kappa shape index (κ3) is 4.48. The van der Waals surface area contributed by atoms with Gasteiger partial charge in [0.15, 0.2) is 0 Å². The molecule has 0 saturated carbocycles. The molecular weight excluding hydrogens is 236 g/mol. The molecule has 0 amide bonds. The van der Waals surface area contributed by atoms with E-state index in [-0.39, 0.29) is 5.97 Å². The molecule has 1 unspecified atom stereocenters. The molecule has 3 nitrogen and oxygen atoms in total. The molecule has 0 aliphatic heterocycles. The second-order valence-corrected chi connectivity index (χ2v) is 5.05. The SMILES string of the molecule is CCCCCC(O)c1ccc(C(=O)OCC)s1. The van der Waals surface area contributed by atoms with Crippen molar-refractivity contribution in [1.29, 1.82) is 0 Å². The maximum Gasteiger partial charge on any atom is 0.348 e. The average Bonchev–Trinajstić information content (AvgIpc) is 2.79. The molecule has 0 bridgehead atoms. The van der Waals surface area contributed by atoms with Crippen LogP contribution in [0.15, 0.2) is 12.1 Å². The van der Waals surface area contributed by atoms with Gasteiger partial charge in [0.1, 0.15) is 4.88 Å². The smallest absolute Gasteiger partial charge is 0.348 e. The fourth-order valence-electron chi connectivity index (χ4n) is 1.57. The summed E-state index contributed by atoms with van der Waals surface area (Å²) in [6.07, 6.45) is 3.61. The van der Waals surface area contributed by atoms with Crippen LogP contribution in [0.5, 0.6) is 0 Å². The van der Waals surface area contributed by atoms with E-state index in [4.69, 9.17) is 4.74 Å². The van der Waals surface area contributed by atoms with E-state index >= 15 is 0 Å². The molecule has 1 N–H and O–H groups in total. The maximum atomic E-state index is 11.4. The van der Waals surface area contributed by atoms with Gasteiger partial charge in [-0.3, -0.25) is 0 Å². The molecule has 0 radical (unpaired) electrons. The number of aliphatic hydroxyl groups excluding tert-OH is 1. The van der Waals surface area contributed by atoms with E-state index < -0.39 is 6.10 Å². The van der Waals surface area contributed by atoms with Crippen LogP contribution >= 0.6 is 11.3 Å². The third-order valence-electron chi connectivity index (χ3n) is 2.51.